The molecule has 4 nitrogen and oxygen atoms in total. The van der Waals surface area contributed by atoms with Gasteiger partial charge in [-0.1, -0.05) is 0 Å². The molecule has 0 saturated carbocycles. The normalized spacial score (nSPS) is 10.6. The van der Waals surface area contributed by atoms with Crippen LogP contribution in [-0.2, 0) is 4.74 Å². The van der Waals surface area contributed by atoms with E-state index in [4.69, 9.17) is 10.1 Å². The molecule has 2 aromatic heterocycles. The van der Waals surface area contributed by atoms with Gasteiger partial charge in [0.05, 0.1) is 7.11 Å². The van der Waals surface area contributed by atoms with Crippen LogP contribution in [0.15, 0.2) is 54.9 Å². The van der Waals surface area contributed by atoms with Crippen LogP contribution in [0, 0.1) is 5.41 Å². The molecule has 0 unspecified atom stereocenters. The Balaban J connectivity index is 2.05. The SMILES string of the molecule is COC(=N)c1ccc(-n2ccc3cccnc32)cc1. The van der Waals surface area contributed by atoms with Crippen molar-refractivity contribution in [3.8, 4) is 5.69 Å². The molecule has 0 radical (unpaired) electrons. The van der Waals surface area contributed by atoms with E-state index in [0.29, 0.717) is 0 Å². The van der Waals surface area contributed by atoms with Crippen molar-refractivity contribution >= 4 is 16.9 Å². The van der Waals surface area contributed by atoms with Crippen molar-refractivity contribution < 1.29 is 4.74 Å². The van der Waals surface area contributed by atoms with Gasteiger partial charge in [-0.15, -0.1) is 0 Å². The first kappa shape index (κ1) is 11.5. The minimum atomic E-state index is 0.169. The van der Waals surface area contributed by atoms with Crippen molar-refractivity contribution in [2.75, 3.05) is 7.11 Å². The average Bonchev–Trinajstić information content (AvgIpc) is 2.90. The Bertz CT molecular complexity index is 728. The number of hydrogen-bond acceptors (Lipinski definition) is 3. The van der Waals surface area contributed by atoms with Crippen molar-refractivity contribution in [1.82, 2.24) is 9.55 Å². The molecule has 0 aliphatic carbocycles. The lowest BCUT2D eigenvalue weighted by Gasteiger charge is -2.06. The highest BCUT2D eigenvalue weighted by Crippen LogP contribution is 2.18. The van der Waals surface area contributed by atoms with Crippen LogP contribution < -0.4 is 0 Å². The lowest BCUT2D eigenvalue weighted by atomic mass is 10.2. The van der Waals surface area contributed by atoms with Crippen LogP contribution in [0.3, 0.4) is 0 Å². The Morgan fingerprint density at radius 1 is 1.16 bits per heavy atom. The summed E-state index contributed by atoms with van der Waals surface area (Å²) >= 11 is 0. The van der Waals surface area contributed by atoms with Gasteiger partial charge in [0.1, 0.15) is 5.65 Å². The molecule has 0 aliphatic heterocycles. The molecular weight excluding hydrogens is 238 g/mol. The largest absolute Gasteiger partial charge is 0.481 e. The van der Waals surface area contributed by atoms with Crippen molar-refractivity contribution in [3.63, 3.8) is 0 Å². The number of hydrogen-bond donors (Lipinski definition) is 1. The van der Waals surface area contributed by atoms with Gasteiger partial charge < -0.3 is 9.30 Å². The third-order valence-corrected chi connectivity index (χ3v) is 3.06. The highest BCUT2D eigenvalue weighted by Gasteiger charge is 2.05. The first-order valence-corrected chi connectivity index (χ1v) is 5.95. The Morgan fingerprint density at radius 3 is 2.68 bits per heavy atom. The fraction of sp³-hybridized carbons (Fsp3) is 0.0667. The van der Waals surface area contributed by atoms with Gasteiger partial charge in [-0.2, -0.15) is 0 Å². The number of nitrogens with one attached hydrogen (secondary N) is 1. The van der Waals surface area contributed by atoms with Gasteiger partial charge in [-0.25, -0.2) is 4.98 Å². The van der Waals surface area contributed by atoms with Crippen molar-refractivity contribution in [2.45, 2.75) is 0 Å². The van der Waals surface area contributed by atoms with Crippen molar-refractivity contribution in [1.29, 1.82) is 5.41 Å². The van der Waals surface area contributed by atoms with E-state index < -0.39 is 0 Å². The molecule has 0 bridgehead atoms. The third kappa shape index (κ3) is 1.97. The number of methoxy groups -OCH3 is 1. The summed E-state index contributed by atoms with van der Waals surface area (Å²) in [6, 6.07) is 13.6. The Morgan fingerprint density at radius 2 is 1.95 bits per heavy atom. The van der Waals surface area contributed by atoms with Crippen molar-refractivity contribution in [2.24, 2.45) is 0 Å². The van der Waals surface area contributed by atoms with Crippen LogP contribution in [0.2, 0.25) is 0 Å². The summed E-state index contributed by atoms with van der Waals surface area (Å²) in [5, 5.41) is 8.72. The summed E-state index contributed by atoms with van der Waals surface area (Å²) in [6.45, 7) is 0. The maximum absolute atomic E-state index is 7.61. The molecule has 4 heteroatoms. The molecule has 0 amide bonds. The zero-order chi connectivity index (χ0) is 13.2. The first-order chi connectivity index (χ1) is 9.29. The number of fused-ring (bicyclic) bond motifs is 1. The summed E-state index contributed by atoms with van der Waals surface area (Å²) < 4.78 is 6.92. The predicted octanol–water partition coefficient (Wildman–Crippen LogP) is 3.00. The second kappa shape index (κ2) is 4.57. The highest BCUT2D eigenvalue weighted by molar-refractivity contribution is 5.91. The number of benzene rings is 1. The standard InChI is InChI=1S/C15H13N3O/c1-19-14(16)11-4-6-13(7-5-11)18-10-8-12-3-2-9-17-15(12)18/h2-10,16H,1H3. The molecular formula is C15H13N3O. The van der Waals surface area contributed by atoms with E-state index in [-0.39, 0.29) is 5.90 Å². The number of aromatic nitrogens is 2. The predicted molar refractivity (Wildman–Crippen MR) is 74.9 cm³/mol. The van der Waals surface area contributed by atoms with E-state index in [9.17, 15) is 0 Å². The lowest BCUT2D eigenvalue weighted by Crippen LogP contribution is -2.01. The van der Waals surface area contributed by atoms with Gasteiger partial charge in [0, 0.05) is 29.0 Å². The first-order valence-electron chi connectivity index (χ1n) is 5.95. The maximum Gasteiger partial charge on any atom is 0.212 e. The van der Waals surface area contributed by atoms with Gasteiger partial charge >= 0.3 is 0 Å². The van der Waals surface area contributed by atoms with Crippen LogP contribution in [0.1, 0.15) is 5.56 Å². The molecule has 0 spiro atoms. The summed E-state index contributed by atoms with van der Waals surface area (Å²) in [7, 11) is 1.50. The number of rotatable bonds is 2. The van der Waals surface area contributed by atoms with Crippen LogP contribution in [0.5, 0.6) is 0 Å². The van der Waals surface area contributed by atoms with E-state index in [1.807, 2.05) is 53.2 Å². The van der Waals surface area contributed by atoms with Crippen molar-refractivity contribution in [3.05, 3.63) is 60.4 Å². The number of pyridine rings is 1. The fourth-order valence-corrected chi connectivity index (χ4v) is 2.07. The summed E-state index contributed by atoms with van der Waals surface area (Å²) in [5.74, 6) is 0.169. The molecule has 19 heavy (non-hydrogen) atoms. The minimum Gasteiger partial charge on any atom is -0.481 e. The Kier molecular flexibility index (Phi) is 2.76. The molecule has 1 aromatic carbocycles. The molecule has 0 fully saturated rings. The van der Waals surface area contributed by atoms with E-state index in [1.165, 1.54) is 7.11 Å². The second-order valence-electron chi connectivity index (χ2n) is 4.18. The monoisotopic (exact) mass is 251 g/mol. The second-order valence-corrected chi connectivity index (χ2v) is 4.18. The Hall–Kier alpha value is -2.62. The maximum atomic E-state index is 7.61. The summed E-state index contributed by atoms with van der Waals surface area (Å²) in [4.78, 5) is 4.39. The molecule has 94 valence electrons. The van der Waals surface area contributed by atoms with E-state index in [1.54, 1.807) is 6.20 Å². The van der Waals surface area contributed by atoms with Gasteiger partial charge in [0.25, 0.3) is 0 Å². The molecule has 0 atom stereocenters. The summed E-state index contributed by atoms with van der Waals surface area (Å²) in [5.41, 5.74) is 2.70. The minimum absolute atomic E-state index is 0.169. The highest BCUT2D eigenvalue weighted by atomic mass is 16.5. The molecule has 0 aliphatic rings. The van der Waals surface area contributed by atoms with Gasteiger partial charge in [0.2, 0.25) is 5.90 Å². The van der Waals surface area contributed by atoms with E-state index in [0.717, 1.165) is 22.3 Å². The van der Waals surface area contributed by atoms with Crippen LogP contribution in [-0.4, -0.2) is 22.6 Å². The number of nitrogens with zero attached hydrogens (tertiary/aromatic N) is 2. The lowest BCUT2D eigenvalue weighted by molar-refractivity contribution is 0.401. The average molecular weight is 251 g/mol. The molecule has 3 rings (SSSR count). The third-order valence-electron chi connectivity index (χ3n) is 3.06. The molecule has 0 saturated heterocycles. The van der Waals surface area contributed by atoms with E-state index >= 15 is 0 Å². The molecule has 3 aromatic rings. The topological polar surface area (TPSA) is 50.9 Å². The van der Waals surface area contributed by atoms with Gasteiger partial charge in [-0.05, 0) is 42.5 Å². The fourth-order valence-electron chi connectivity index (χ4n) is 2.07. The van der Waals surface area contributed by atoms with Crippen LogP contribution in [0.25, 0.3) is 16.7 Å². The quantitative estimate of drug-likeness (QED) is 0.562. The summed E-state index contributed by atoms with van der Waals surface area (Å²) in [6.07, 6.45) is 3.78. The van der Waals surface area contributed by atoms with Crippen LogP contribution >= 0.6 is 0 Å². The van der Waals surface area contributed by atoms with Gasteiger partial charge in [-0.3, -0.25) is 5.41 Å². The Labute approximate surface area is 110 Å². The number of ether oxygens (including phenoxy) is 1. The molecule has 2 heterocycles. The zero-order valence-corrected chi connectivity index (χ0v) is 10.5. The van der Waals surface area contributed by atoms with Gasteiger partial charge in [0.15, 0.2) is 0 Å². The zero-order valence-electron chi connectivity index (χ0n) is 10.5. The molecule has 1 N–H and O–H groups in total. The van der Waals surface area contributed by atoms with E-state index in [2.05, 4.69) is 4.98 Å². The van der Waals surface area contributed by atoms with Crippen LogP contribution in [0.4, 0.5) is 0 Å². The smallest absolute Gasteiger partial charge is 0.212 e.